The van der Waals surface area contributed by atoms with Crippen LogP contribution in [0.15, 0.2) is 53.4 Å². The maximum absolute atomic E-state index is 12.3. The van der Waals surface area contributed by atoms with Gasteiger partial charge in [-0.3, -0.25) is 4.79 Å². The first-order chi connectivity index (χ1) is 13.0. The summed E-state index contributed by atoms with van der Waals surface area (Å²) in [6.45, 7) is 2.54. The van der Waals surface area contributed by atoms with Crippen LogP contribution in [0, 0.1) is 0 Å². The fourth-order valence-corrected chi connectivity index (χ4v) is 3.60. The van der Waals surface area contributed by atoms with Crippen LogP contribution in [-0.4, -0.2) is 28.0 Å². The first-order valence-corrected chi connectivity index (χ1v) is 10.5. The van der Waals surface area contributed by atoms with Crippen LogP contribution in [0.2, 0.25) is 0 Å². The Morgan fingerprint density at radius 2 is 1.78 bits per heavy atom. The number of carbonyl (C=O) groups is 1. The average molecular weight is 391 g/mol. The second kappa shape index (κ2) is 10.1. The molecule has 6 nitrogen and oxygen atoms in total. The Kier molecular flexibility index (Phi) is 7.82. The van der Waals surface area contributed by atoms with Crippen LogP contribution in [0.25, 0.3) is 0 Å². The number of hydrogen-bond acceptors (Lipinski definition) is 4. The number of hydrogen-bond donors (Lipinski definition) is 2. The van der Waals surface area contributed by atoms with E-state index in [9.17, 15) is 13.2 Å². The van der Waals surface area contributed by atoms with Gasteiger partial charge in [-0.05, 0) is 48.9 Å². The third-order valence-corrected chi connectivity index (χ3v) is 5.55. The molecule has 0 unspecified atom stereocenters. The van der Waals surface area contributed by atoms with E-state index in [1.165, 1.54) is 19.2 Å². The van der Waals surface area contributed by atoms with E-state index >= 15 is 0 Å². The van der Waals surface area contributed by atoms with Crippen molar-refractivity contribution in [3.05, 3.63) is 54.1 Å². The van der Waals surface area contributed by atoms with E-state index in [4.69, 9.17) is 4.74 Å². The quantitative estimate of drug-likeness (QED) is 0.604. The molecular weight excluding hydrogens is 364 g/mol. The summed E-state index contributed by atoms with van der Waals surface area (Å²) in [5.41, 5.74) is 0.976. The highest BCUT2D eigenvalue weighted by Crippen LogP contribution is 2.17. The van der Waals surface area contributed by atoms with Gasteiger partial charge in [0.05, 0.1) is 12.0 Å². The zero-order valence-electron chi connectivity index (χ0n) is 15.7. The lowest BCUT2D eigenvalue weighted by Crippen LogP contribution is -2.24. The highest BCUT2D eigenvalue weighted by atomic mass is 32.2. The minimum atomic E-state index is -3.53. The highest BCUT2D eigenvalue weighted by Gasteiger charge is 2.13. The molecule has 27 heavy (non-hydrogen) atoms. The predicted molar refractivity (Wildman–Crippen MR) is 107 cm³/mol. The lowest BCUT2D eigenvalue weighted by atomic mass is 10.2. The first kappa shape index (κ1) is 20.9. The standard InChI is InChI=1S/C20H26N2O4S/c1-3-4-5-6-14-21-27(24,25)19-12-10-17(11-13-19)22-20(23)16-8-7-9-18(15-16)26-2/h7-13,15,21H,3-6,14H2,1-2H3,(H,22,23). The van der Waals surface area contributed by atoms with E-state index in [0.29, 0.717) is 23.5 Å². The molecule has 0 bridgehead atoms. The zero-order chi connectivity index (χ0) is 19.7. The maximum atomic E-state index is 12.3. The topological polar surface area (TPSA) is 84.5 Å². The van der Waals surface area contributed by atoms with Gasteiger partial charge >= 0.3 is 0 Å². The van der Waals surface area contributed by atoms with Crippen LogP contribution in [0.4, 0.5) is 5.69 Å². The summed E-state index contributed by atoms with van der Waals surface area (Å²) in [4.78, 5) is 12.5. The summed E-state index contributed by atoms with van der Waals surface area (Å²) in [5, 5.41) is 2.74. The van der Waals surface area contributed by atoms with E-state index in [0.717, 1.165) is 25.7 Å². The molecule has 2 aromatic carbocycles. The minimum absolute atomic E-state index is 0.178. The van der Waals surface area contributed by atoms with Gasteiger partial charge in [0.2, 0.25) is 10.0 Å². The molecule has 0 aliphatic heterocycles. The molecule has 0 heterocycles. The van der Waals surface area contributed by atoms with Crippen LogP contribution < -0.4 is 14.8 Å². The van der Waals surface area contributed by atoms with Crippen LogP contribution >= 0.6 is 0 Å². The molecule has 0 radical (unpaired) electrons. The third-order valence-electron chi connectivity index (χ3n) is 4.08. The second-order valence-electron chi connectivity index (χ2n) is 6.17. The number of anilines is 1. The Balaban J connectivity index is 1.96. The molecule has 0 saturated carbocycles. The summed E-state index contributed by atoms with van der Waals surface area (Å²) >= 11 is 0. The SMILES string of the molecule is CCCCCCNS(=O)(=O)c1ccc(NC(=O)c2cccc(OC)c2)cc1. The fraction of sp³-hybridized carbons (Fsp3) is 0.350. The van der Waals surface area contributed by atoms with E-state index < -0.39 is 10.0 Å². The van der Waals surface area contributed by atoms with Crippen molar-refractivity contribution in [1.82, 2.24) is 4.72 Å². The Morgan fingerprint density at radius 3 is 2.44 bits per heavy atom. The van der Waals surface area contributed by atoms with Gasteiger partial charge in [-0.25, -0.2) is 13.1 Å². The highest BCUT2D eigenvalue weighted by molar-refractivity contribution is 7.89. The lowest BCUT2D eigenvalue weighted by molar-refractivity contribution is 0.102. The fourth-order valence-electron chi connectivity index (χ4n) is 2.53. The van der Waals surface area contributed by atoms with Gasteiger partial charge in [-0.2, -0.15) is 0 Å². The Hall–Kier alpha value is -2.38. The molecule has 7 heteroatoms. The Labute approximate surface area is 161 Å². The molecule has 0 aromatic heterocycles. The number of rotatable bonds is 10. The zero-order valence-corrected chi connectivity index (χ0v) is 16.5. The predicted octanol–water partition coefficient (Wildman–Crippen LogP) is 3.81. The Morgan fingerprint density at radius 1 is 1.04 bits per heavy atom. The van der Waals surface area contributed by atoms with Crippen molar-refractivity contribution in [3.8, 4) is 5.75 Å². The molecule has 0 aliphatic carbocycles. The van der Waals surface area contributed by atoms with Gasteiger partial charge in [0.25, 0.3) is 5.91 Å². The van der Waals surface area contributed by atoms with Crippen molar-refractivity contribution in [2.45, 2.75) is 37.5 Å². The molecular formula is C20H26N2O4S. The molecule has 0 saturated heterocycles. The van der Waals surface area contributed by atoms with Gasteiger partial charge in [-0.15, -0.1) is 0 Å². The molecule has 0 aliphatic rings. The molecule has 1 amide bonds. The third kappa shape index (κ3) is 6.37. The molecule has 2 aromatic rings. The van der Waals surface area contributed by atoms with Crippen LogP contribution in [0.1, 0.15) is 43.0 Å². The minimum Gasteiger partial charge on any atom is -0.497 e. The van der Waals surface area contributed by atoms with Crippen LogP contribution in [0.3, 0.4) is 0 Å². The van der Waals surface area contributed by atoms with Gasteiger partial charge < -0.3 is 10.1 Å². The van der Waals surface area contributed by atoms with Gasteiger partial charge in [-0.1, -0.05) is 32.3 Å². The molecule has 2 N–H and O–H groups in total. The number of unbranched alkanes of at least 4 members (excludes halogenated alkanes) is 3. The smallest absolute Gasteiger partial charge is 0.255 e. The lowest BCUT2D eigenvalue weighted by Gasteiger charge is -2.09. The average Bonchev–Trinajstić information content (AvgIpc) is 2.68. The van der Waals surface area contributed by atoms with Crippen molar-refractivity contribution in [2.75, 3.05) is 19.0 Å². The van der Waals surface area contributed by atoms with Crippen molar-refractivity contribution < 1.29 is 17.9 Å². The Bertz CT molecular complexity index is 849. The van der Waals surface area contributed by atoms with Gasteiger partial charge in [0, 0.05) is 17.8 Å². The molecule has 0 atom stereocenters. The van der Waals surface area contributed by atoms with Gasteiger partial charge in [0.15, 0.2) is 0 Å². The molecule has 146 valence electrons. The number of ether oxygens (including phenoxy) is 1. The van der Waals surface area contributed by atoms with Gasteiger partial charge in [0.1, 0.15) is 5.75 Å². The maximum Gasteiger partial charge on any atom is 0.255 e. The normalized spacial score (nSPS) is 11.2. The summed E-state index contributed by atoms with van der Waals surface area (Å²) in [5.74, 6) is 0.299. The van der Waals surface area contributed by atoms with E-state index in [-0.39, 0.29) is 10.8 Å². The summed E-state index contributed by atoms with van der Waals surface area (Å²) in [7, 11) is -2.00. The first-order valence-electron chi connectivity index (χ1n) is 9.01. The van der Waals surface area contributed by atoms with Crippen molar-refractivity contribution in [2.24, 2.45) is 0 Å². The van der Waals surface area contributed by atoms with E-state index in [1.54, 1.807) is 36.4 Å². The largest absolute Gasteiger partial charge is 0.497 e. The number of nitrogens with one attached hydrogen (secondary N) is 2. The number of methoxy groups -OCH3 is 1. The second-order valence-corrected chi connectivity index (χ2v) is 7.94. The van der Waals surface area contributed by atoms with E-state index in [2.05, 4.69) is 17.0 Å². The van der Waals surface area contributed by atoms with E-state index in [1.807, 2.05) is 0 Å². The molecule has 0 fully saturated rings. The van der Waals surface area contributed by atoms with Crippen LogP contribution in [0.5, 0.6) is 5.75 Å². The number of carbonyl (C=O) groups excluding carboxylic acids is 1. The number of benzene rings is 2. The summed E-state index contributed by atoms with van der Waals surface area (Å²) in [6, 6.07) is 12.9. The van der Waals surface area contributed by atoms with Crippen molar-refractivity contribution in [3.63, 3.8) is 0 Å². The summed E-state index contributed by atoms with van der Waals surface area (Å²) < 4.78 is 32.3. The summed E-state index contributed by atoms with van der Waals surface area (Å²) in [6.07, 6.45) is 4.04. The molecule has 2 rings (SSSR count). The monoisotopic (exact) mass is 390 g/mol. The van der Waals surface area contributed by atoms with Crippen molar-refractivity contribution >= 4 is 21.6 Å². The number of amides is 1. The van der Waals surface area contributed by atoms with Crippen LogP contribution in [-0.2, 0) is 10.0 Å². The number of sulfonamides is 1. The van der Waals surface area contributed by atoms with Crippen molar-refractivity contribution in [1.29, 1.82) is 0 Å². The molecule has 0 spiro atoms.